The zero-order chi connectivity index (χ0) is 16.9. The number of aromatic nitrogens is 2. The van der Waals surface area contributed by atoms with Crippen LogP contribution < -0.4 is 14.2 Å². The fourth-order valence-electron chi connectivity index (χ4n) is 1.98. The largest absolute Gasteiger partial charge is 0.497 e. The Bertz CT molecular complexity index is 761. The Balaban J connectivity index is 1.98. The maximum atomic E-state index is 12.4. The van der Waals surface area contributed by atoms with Gasteiger partial charge in [0.15, 0.2) is 0 Å². The molecule has 7 nitrogen and oxygen atoms in total. The molecule has 0 aliphatic carbocycles. The first-order valence-corrected chi connectivity index (χ1v) is 8.72. The first-order chi connectivity index (χ1) is 11.0. The Morgan fingerprint density at radius 1 is 1.30 bits per heavy atom. The molecule has 0 aliphatic heterocycles. The predicted octanol–water partition coefficient (Wildman–Crippen LogP) is 1.92. The molecule has 9 heteroatoms. The van der Waals surface area contributed by atoms with Gasteiger partial charge in [-0.05, 0) is 18.6 Å². The Hall–Kier alpha value is -1.77. The number of ether oxygens (including phenoxy) is 2. The average Bonchev–Trinajstić information content (AvgIpc) is 2.96. The van der Waals surface area contributed by atoms with E-state index in [0.29, 0.717) is 23.7 Å². The fraction of sp³-hybridized carbons (Fsp3) is 0.357. The van der Waals surface area contributed by atoms with Crippen LogP contribution in [0.2, 0.25) is 5.02 Å². The highest BCUT2D eigenvalue weighted by atomic mass is 35.5. The SMILES string of the molecule is COc1ccc(S(=O)(=O)NCCCn2cc(Cl)cn2)c(OC)c1. The summed E-state index contributed by atoms with van der Waals surface area (Å²) in [6.07, 6.45) is 3.80. The molecule has 1 aromatic heterocycles. The molecule has 1 N–H and O–H groups in total. The number of aryl methyl sites for hydroxylation is 1. The third-order valence-corrected chi connectivity index (χ3v) is 4.81. The molecule has 0 unspecified atom stereocenters. The first kappa shape index (κ1) is 17.6. The molecule has 0 saturated heterocycles. The van der Waals surface area contributed by atoms with E-state index in [-0.39, 0.29) is 17.2 Å². The monoisotopic (exact) mass is 359 g/mol. The van der Waals surface area contributed by atoms with Crippen LogP contribution >= 0.6 is 11.6 Å². The number of sulfonamides is 1. The maximum absolute atomic E-state index is 12.4. The van der Waals surface area contributed by atoms with Crippen molar-refractivity contribution < 1.29 is 17.9 Å². The number of nitrogens with zero attached hydrogens (tertiary/aromatic N) is 2. The Morgan fingerprint density at radius 3 is 2.70 bits per heavy atom. The van der Waals surface area contributed by atoms with Crippen molar-refractivity contribution in [3.8, 4) is 11.5 Å². The summed E-state index contributed by atoms with van der Waals surface area (Å²) < 4.78 is 39.1. The van der Waals surface area contributed by atoms with E-state index in [4.69, 9.17) is 21.1 Å². The summed E-state index contributed by atoms with van der Waals surface area (Å²) in [4.78, 5) is 0.0722. The van der Waals surface area contributed by atoms with Crippen molar-refractivity contribution in [2.45, 2.75) is 17.9 Å². The van der Waals surface area contributed by atoms with E-state index in [2.05, 4.69) is 9.82 Å². The van der Waals surface area contributed by atoms with Crippen LogP contribution in [0.4, 0.5) is 0 Å². The minimum absolute atomic E-state index is 0.0722. The van der Waals surface area contributed by atoms with Crippen LogP contribution in [0.25, 0.3) is 0 Å². The molecule has 2 rings (SSSR count). The molecule has 0 fully saturated rings. The third kappa shape index (κ3) is 4.60. The Kier molecular flexibility index (Phi) is 5.86. The van der Waals surface area contributed by atoms with Crippen LogP contribution in [0, 0.1) is 0 Å². The lowest BCUT2D eigenvalue weighted by molar-refractivity contribution is 0.386. The van der Waals surface area contributed by atoms with E-state index in [1.807, 2.05) is 0 Å². The Labute approximate surface area is 140 Å². The van der Waals surface area contributed by atoms with Crippen molar-refractivity contribution in [1.29, 1.82) is 0 Å². The minimum Gasteiger partial charge on any atom is -0.497 e. The lowest BCUT2D eigenvalue weighted by atomic mass is 10.3. The van der Waals surface area contributed by atoms with Gasteiger partial charge >= 0.3 is 0 Å². The van der Waals surface area contributed by atoms with E-state index in [9.17, 15) is 8.42 Å². The number of hydrogen-bond donors (Lipinski definition) is 1. The van der Waals surface area contributed by atoms with Gasteiger partial charge in [-0.3, -0.25) is 4.68 Å². The van der Waals surface area contributed by atoms with Crippen LogP contribution in [0.15, 0.2) is 35.5 Å². The molecule has 0 atom stereocenters. The van der Waals surface area contributed by atoms with Crippen LogP contribution in [-0.2, 0) is 16.6 Å². The van der Waals surface area contributed by atoms with E-state index >= 15 is 0 Å². The predicted molar refractivity (Wildman–Crippen MR) is 86.6 cm³/mol. The minimum atomic E-state index is -3.66. The smallest absolute Gasteiger partial charge is 0.244 e. The maximum Gasteiger partial charge on any atom is 0.244 e. The lowest BCUT2D eigenvalue weighted by Gasteiger charge is -2.12. The van der Waals surface area contributed by atoms with Crippen molar-refractivity contribution in [1.82, 2.24) is 14.5 Å². The van der Waals surface area contributed by atoms with Crippen molar-refractivity contribution in [3.05, 3.63) is 35.6 Å². The van der Waals surface area contributed by atoms with Gasteiger partial charge in [-0.15, -0.1) is 0 Å². The number of hydrogen-bond acceptors (Lipinski definition) is 5. The third-order valence-electron chi connectivity index (χ3n) is 3.12. The van der Waals surface area contributed by atoms with Crippen LogP contribution in [0.1, 0.15) is 6.42 Å². The zero-order valence-corrected chi connectivity index (χ0v) is 14.4. The molecule has 2 aromatic rings. The molecular formula is C14H18ClN3O4S. The molecule has 0 amide bonds. The molecule has 0 bridgehead atoms. The summed E-state index contributed by atoms with van der Waals surface area (Å²) in [5.74, 6) is 0.757. The van der Waals surface area contributed by atoms with Crippen molar-refractivity contribution in [2.24, 2.45) is 0 Å². The summed E-state index contributed by atoms with van der Waals surface area (Å²) in [5.41, 5.74) is 0. The quantitative estimate of drug-likeness (QED) is 0.728. The first-order valence-electron chi connectivity index (χ1n) is 6.86. The Morgan fingerprint density at radius 2 is 2.09 bits per heavy atom. The summed E-state index contributed by atoms with van der Waals surface area (Å²) >= 11 is 5.76. The van der Waals surface area contributed by atoms with Crippen LogP contribution in [0.5, 0.6) is 11.5 Å². The number of halogens is 1. The molecule has 0 aliphatic rings. The van der Waals surface area contributed by atoms with Crippen LogP contribution in [0.3, 0.4) is 0 Å². The van der Waals surface area contributed by atoms with Gasteiger partial charge in [-0.2, -0.15) is 5.10 Å². The number of benzene rings is 1. The van der Waals surface area contributed by atoms with E-state index in [1.54, 1.807) is 16.9 Å². The normalized spacial score (nSPS) is 11.4. The highest BCUT2D eigenvalue weighted by Gasteiger charge is 2.19. The van der Waals surface area contributed by atoms with Gasteiger partial charge in [0.2, 0.25) is 10.0 Å². The highest BCUT2D eigenvalue weighted by molar-refractivity contribution is 7.89. The number of nitrogens with one attached hydrogen (secondary N) is 1. The number of rotatable bonds is 8. The fourth-order valence-corrected chi connectivity index (χ4v) is 3.36. The topological polar surface area (TPSA) is 82.5 Å². The van der Waals surface area contributed by atoms with E-state index in [1.165, 1.54) is 32.5 Å². The summed E-state index contributed by atoms with van der Waals surface area (Å²) in [6.45, 7) is 0.837. The molecule has 1 heterocycles. The summed E-state index contributed by atoms with van der Waals surface area (Å²) in [7, 11) is -0.749. The van der Waals surface area contributed by atoms with Gasteiger partial charge in [-0.1, -0.05) is 11.6 Å². The number of methoxy groups -OCH3 is 2. The van der Waals surface area contributed by atoms with Gasteiger partial charge in [0.05, 0.1) is 25.4 Å². The molecule has 0 spiro atoms. The van der Waals surface area contributed by atoms with Gasteiger partial charge < -0.3 is 9.47 Å². The summed E-state index contributed by atoms with van der Waals surface area (Å²) in [6, 6.07) is 4.55. The van der Waals surface area contributed by atoms with E-state index < -0.39 is 10.0 Å². The zero-order valence-electron chi connectivity index (χ0n) is 12.8. The molecule has 0 saturated carbocycles. The molecule has 23 heavy (non-hydrogen) atoms. The van der Waals surface area contributed by atoms with E-state index in [0.717, 1.165) is 0 Å². The van der Waals surface area contributed by atoms with Crippen molar-refractivity contribution >= 4 is 21.6 Å². The van der Waals surface area contributed by atoms with Gasteiger partial charge in [-0.25, -0.2) is 13.1 Å². The second kappa shape index (κ2) is 7.67. The van der Waals surface area contributed by atoms with Crippen LogP contribution in [-0.4, -0.2) is 39.0 Å². The average molecular weight is 360 g/mol. The van der Waals surface area contributed by atoms with Gasteiger partial charge in [0, 0.05) is 25.4 Å². The lowest BCUT2D eigenvalue weighted by Crippen LogP contribution is -2.26. The van der Waals surface area contributed by atoms with Crippen molar-refractivity contribution in [2.75, 3.05) is 20.8 Å². The molecule has 1 aromatic carbocycles. The molecule has 0 radical (unpaired) electrons. The highest BCUT2D eigenvalue weighted by Crippen LogP contribution is 2.28. The second-order valence-corrected chi connectivity index (χ2v) is 6.86. The standard InChI is InChI=1S/C14H18ClN3O4S/c1-21-12-4-5-14(13(8-12)22-2)23(19,20)17-6-3-7-18-10-11(15)9-16-18/h4-5,8-10,17H,3,6-7H2,1-2H3. The van der Waals surface area contributed by atoms with Gasteiger partial charge in [0.25, 0.3) is 0 Å². The molecular weight excluding hydrogens is 342 g/mol. The van der Waals surface area contributed by atoms with Gasteiger partial charge in [0.1, 0.15) is 16.4 Å². The van der Waals surface area contributed by atoms with Crippen molar-refractivity contribution in [3.63, 3.8) is 0 Å². The second-order valence-electron chi connectivity index (χ2n) is 4.69. The summed E-state index contributed by atoms with van der Waals surface area (Å²) in [5, 5.41) is 4.58. The molecule has 126 valence electrons.